The van der Waals surface area contributed by atoms with Crippen LogP contribution in [0, 0.1) is 0 Å². The van der Waals surface area contributed by atoms with E-state index >= 15 is 0 Å². The number of thioether (sulfide) groups is 2. The zero-order chi connectivity index (χ0) is 10.2. The highest BCUT2D eigenvalue weighted by Gasteiger charge is 2.21. The number of carbonyl (C=O) groups excluding carboxylic acids is 1. The van der Waals surface area contributed by atoms with Crippen LogP contribution in [0.2, 0.25) is 0 Å². The Hall–Kier alpha value is 0.130. The Morgan fingerprint density at radius 1 is 1.43 bits per heavy atom. The van der Waals surface area contributed by atoms with Gasteiger partial charge in [-0.05, 0) is 20.0 Å². The predicted molar refractivity (Wildman–Crippen MR) is 65.1 cm³/mol. The van der Waals surface area contributed by atoms with Crippen molar-refractivity contribution in [3.8, 4) is 0 Å². The van der Waals surface area contributed by atoms with E-state index in [-0.39, 0.29) is 11.2 Å². The van der Waals surface area contributed by atoms with E-state index in [1.807, 2.05) is 18.8 Å². The molecule has 0 radical (unpaired) electrons. The first-order valence-corrected chi connectivity index (χ1v) is 7.16. The molecule has 3 nitrogen and oxygen atoms in total. The van der Waals surface area contributed by atoms with Crippen molar-refractivity contribution in [2.75, 3.05) is 37.4 Å². The summed E-state index contributed by atoms with van der Waals surface area (Å²) in [6.07, 6.45) is 1.01. The lowest BCUT2D eigenvalue weighted by Crippen LogP contribution is -2.37. The third kappa shape index (κ3) is 4.57. The van der Waals surface area contributed by atoms with E-state index in [0.717, 1.165) is 31.0 Å². The number of rotatable bonds is 5. The summed E-state index contributed by atoms with van der Waals surface area (Å²) in [5.41, 5.74) is 0. The molecule has 1 aliphatic rings. The van der Waals surface area contributed by atoms with Crippen LogP contribution in [0.5, 0.6) is 0 Å². The SMILES string of the molecule is CNCCCNC(=O)C1CSCCS1. The van der Waals surface area contributed by atoms with Crippen molar-refractivity contribution in [1.82, 2.24) is 10.6 Å². The van der Waals surface area contributed by atoms with Crippen molar-refractivity contribution >= 4 is 29.4 Å². The van der Waals surface area contributed by atoms with Crippen LogP contribution < -0.4 is 10.6 Å². The minimum absolute atomic E-state index is 0.184. The van der Waals surface area contributed by atoms with Crippen molar-refractivity contribution in [3.05, 3.63) is 0 Å². The summed E-state index contributed by atoms with van der Waals surface area (Å²) in [6, 6.07) is 0. The van der Waals surface area contributed by atoms with Gasteiger partial charge in [-0.25, -0.2) is 0 Å². The van der Waals surface area contributed by atoms with Crippen molar-refractivity contribution in [2.45, 2.75) is 11.7 Å². The van der Waals surface area contributed by atoms with Gasteiger partial charge in [0.2, 0.25) is 5.91 Å². The molecule has 0 aromatic rings. The van der Waals surface area contributed by atoms with Gasteiger partial charge < -0.3 is 10.6 Å². The smallest absolute Gasteiger partial charge is 0.233 e. The maximum Gasteiger partial charge on any atom is 0.233 e. The molecule has 1 rings (SSSR count). The third-order valence-corrected chi connectivity index (χ3v) is 4.77. The summed E-state index contributed by atoms with van der Waals surface area (Å²) < 4.78 is 0. The first kappa shape index (κ1) is 12.2. The largest absolute Gasteiger partial charge is 0.355 e. The molecule has 1 atom stereocenters. The fraction of sp³-hybridized carbons (Fsp3) is 0.889. The van der Waals surface area contributed by atoms with Crippen LogP contribution in [-0.2, 0) is 4.79 Å². The van der Waals surface area contributed by atoms with Crippen molar-refractivity contribution in [2.24, 2.45) is 0 Å². The average molecular weight is 234 g/mol. The van der Waals surface area contributed by atoms with Crippen LogP contribution in [0.25, 0.3) is 0 Å². The van der Waals surface area contributed by atoms with Crippen LogP contribution in [-0.4, -0.2) is 48.6 Å². The lowest BCUT2D eigenvalue weighted by molar-refractivity contribution is -0.120. The second-order valence-corrected chi connectivity index (χ2v) is 5.64. The molecule has 82 valence electrons. The lowest BCUT2D eigenvalue weighted by Gasteiger charge is -2.20. The quantitative estimate of drug-likeness (QED) is 0.682. The van der Waals surface area contributed by atoms with Crippen LogP contribution in [0.1, 0.15) is 6.42 Å². The molecule has 0 aromatic heterocycles. The highest BCUT2D eigenvalue weighted by atomic mass is 32.2. The monoisotopic (exact) mass is 234 g/mol. The van der Waals surface area contributed by atoms with Crippen LogP contribution >= 0.6 is 23.5 Å². The Bertz CT molecular complexity index is 172. The molecule has 1 heterocycles. The van der Waals surface area contributed by atoms with E-state index in [2.05, 4.69) is 10.6 Å². The standard InChI is InChI=1S/C9H18N2OS2/c1-10-3-2-4-11-9(12)8-7-13-5-6-14-8/h8,10H,2-7H2,1H3,(H,11,12). The van der Waals surface area contributed by atoms with Crippen LogP contribution in [0.15, 0.2) is 0 Å². The number of nitrogens with one attached hydrogen (secondary N) is 2. The van der Waals surface area contributed by atoms with Gasteiger partial charge in [0.15, 0.2) is 0 Å². The van der Waals surface area contributed by atoms with Crippen molar-refractivity contribution in [3.63, 3.8) is 0 Å². The molecule has 14 heavy (non-hydrogen) atoms. The average Bonchev–Trinajstić information content (AvgIpc) is 2.25. The molecule has 2 N–H and O–H groups in total. The minimum atomic E-state index is 0.184. The Labute approximate surface area is 94.2 Å². The van der Waals surface area contributed by atoms with Gasteiger partial charge in [0.25, 0.3) is 0 Å². The third-order valence-electron chi connectivity index (χ3n) is 2.01. The van der Waals surface area contributed by atoms with Gasteiger partial charge in [0.1, 0.15) is 0 Å². The Morgan fingerprint density at radius 2 is 2.29 bits per heavy atom. The minimum Gasteiger partial charge on any atom is -0.355 e. The predicted octanol–water partition coefficient (Wildman–Crippen LogP) is 0.561. The maximum absolute atomic E-state index is 11.6. The number of amides is 1. The summed E-state index contributed by atoms with van der Waals surface area (Å²) in [7, 11) is 1.93. The molecule has 1 aliphatic heterocycles. The molecule has 0 spiro atoms. The fourth-order valence-corrected chi connectivity index (χ4v) is 3.81. The first-order chi connectivity index (χ1) is 6.84. The van der Waals surface area contributed by atoms with Crippen molar-refractivity contribution in [1.29, 1.82) is 0 Å². The van der Waals surface area contributed by atoms with Gasteiger partial charge >= 0.3 is 0 Å². The molecule has 0 aliphatic carbocycles. The molecule has 1 unspecified atom stereocenters. The van der Waals surface area contributed by atoms with Gasteiger partial charge in [0, 0.05) is 23.8 Å². The first-order valence-electron chi connectivity index (χ1n) is 4.96. The summed E-state index contributed by atoms with van der Waals surface area (Å²) in [4.78, 5) is 11.6. The number of carbonyl (C=O) groups is 1. The van der Waals surface area contributed by atoms with E-state index in [4.69, 9.17) is 0 Å². The number of hydrogen-bond donors (Lipinski definition) is 2. The van der Waals surface area contributed by atoms with E-state index < -0.39 is 0 Å². The zero-order valence-corrected chi connectivity index (χ0v) is 10.2. The van der Waals surface area contributed by atoms with Gasteiger partial charge in [-0.3, -0.25) is 4.79 Å². The lowest BCUT2D eigenvalue weighted by atomic mass is 10.4. The van der Waals surface area contributed by atoms with Crippen molar-refractivity contribution < 1.29 is 4.79 Å². The fourth-order valence-electron chi connectivity index (χ4n) is 1.23. The van der Waals surface area contributed by atoms with Gasteiger partial charge in [0.05, 0.1) is 5.25 Å². The molecule has 0 bridgehead atoms. The Balaban J connectivity index is 2.07. The van der Waals surface area contributed by atoms with E-state index in [9.17, 15) is 4.79 Å². The summed E-state index contributed by atoms with van der Waals surface area (Å²) in [5, 5.41) is 6.22. The molecular formula is C9H18N2OS2. The molecule has 1 fully saturated rings. The summed E-state index contributed by atoms with van der Waals surface area (Å²) in [6.45, 7) is 1.76. The second-order valence-electron chi connectivity index (χ2n) is 3.18. The van der Waals surface area contributed by atoms with E-state index in [0.29, 0.717) is 0 Å². The molecule has 1 amide bonds. The molecule has 5 heteroatoms. The normalized spacial score (nSPS) is 21.9. The number of hydrogen-bond acceptors (Lipinski definition) is 4. The second kappa shape index (κ2) is 7.43. The topological polar surface area (TPSA) is 41.1 Å². The molecular weight excluding hydrogens is 216 g/mol. The Kier molecular flexibility index (Phi) is 6.47. The highest BCUT2D eigenvalue weighted by molar-refractivity contribution is 8.07. The molecule has 1 saturated heterocycles. The summed E-state index contributed by atoms with van der Waals surface area (Å²) in [5.74, 6) is 3.49. The molecule has 0 saturated carbocycles. The van der Waals surface area contributed by atoms with Crippen LogP contribution in [0.3, 0.4) is 0 Å². The van der Waals surface area contributed by atoms with Crippen LogP contribution in [0.4, 0.5) is 0 Å². The van der Waals surface area contributed by atoms with E-state index in [1.165, 1.54) is 5.75 Å². The Morgan fingerprint density at radius 3 is 2.93 bits per heavy atom. The molecule has 0 aromatic carbocycles. The van der Waals surface area contributed by atoms with Gasteiger partial charge in [-0.2, -0.15) is 11.8 Å². The van der Waals surface area contributed by atoms with Gasteiger partial charge in [-0.1, -0.05) is 0 Å². The maximum atomic E-state index is 11.6. The van der Waals surface area contributed by atoms with Gasteiger partial charge in [-0.15, -0.1) is 11.8 Å². The van der Waals surface area contributed by atoms with E-state index in [1.54, 1.807) is 11.8 Å². The summed E-state index contributed by atoms with van der Waals surface area (Å²) >= 11 is 3.67. The zero-order valence-electron chi connectivity index (χ0n) is 8.54. The highest BCUT2D eigenvalue weighted by Crippen LogP contribution is 2.23.